The summed E-state index contributed by atoms with van der Waals surface area (Å²) in [5, 5.41) is 20.6. The van der Waals surface area contributed by atoms with E-state index in [9.17, 15) is 9.90 Å². The standard InChI is InChI=1S/C12H18N4O3/c17-8-9(18)7-15-11(19)10-3-1-6-16(10)12-13-4-2-5-14-12/h2,4-5,9-10,17-18H,1,3,6-8H2,(H,15,19). The number of carbonyl (C=O) groups excluding carboxylic acids is 1. The highest BCUT2D eigenvalue weighted by Crippen LogP contribution is 2.21. The lowest BCUT2D eigenvalue weighted by molar-refractivity contribution is -0.122. The summed E-state index contributed by atoms with van der Waals surface area (Å²) in [6, 6.07) is 1.42. The van der Waals surface area contributed by atoms with Crippen LogP contribution in [-0.2, 0) is 4.79 Å². The lowest BCUT2D eigenvalue weighted by Crippen LogP contribution is -2.46. The molecule has 0 spiro atoms. The maximum atomic E-state index is 12.0. The Balaban J connectivity index is 1.97. The number of amides is 1. The number of hydrogen-bond acceptors (Lipinski definition) is 6. The van der Waals surface area contributed by atoms with Gasteiger partial charge in [-0.2, -0.15) is 0 Å². The first-order valence-electron chi connectivity index (χ1n) is 6.32. The average Bonchev–Trinajstić information content (AvgIpc) is 2.94. The van der Waals surface area contributed by atoms with Gasteiger partial charge in [0, 0.05) is 25.5 Å². The summed E-state index contributed by atoms with van der Waals surface area (Å²) in [6.07, 6.45) is 4.00. The molecule has 1 aliphatic heterocycles. The second-order valence-corrected chi connectivity index (χ2v) is 4.48. The van der Waals surface area contributed by atoms with Gasteiger partial charge in [0.25, 0.3) is 0 Å². The first-order valence-corrected chi connectivity index (χ1v) is 6.32. The third-order valence-electron chi connectivity index (χ3n) is 3.09. The molecular weight excluding hydrogens is 248 g/mol. The summed E-state index contributed by atoms with van der Waals surface area (Å²) >= 11 is 0. The molecule has 0 aliphatic carbocycles. The molecule has 1 aliphatic rings. The largest absolute Gasteiger partial charge is 0.394 e. The van der Waals surface area contributed by atoms with Crippen molar-refractivity contribution in [3.05, 3.63) is 18.5 Å². The van der Waals surface area contributed by atoms with Gasteiger partial charge in [-0.3, -0.25) is 4.79 Å². The Bertz CT molecular complexity index is 415. The fourth-order valence-electron chi connectivity index (χ4n) is 2.12. The number of nitrogens with zero attached hydrogens (tertiary/aromatic N) is 3. The monoisotopic (exact) mass is 266 g/mol. The van der Waals surface area contributed by atoms with Crippen molar-refractivity contribution in [1.82, 2.24) is 15.3 Å². The number of anilines is 1. The van der Waals surface area contributed by atoms with Crippen molar-refractivity contribution in [3.8, 4) is 0 Å². The van der Waals surface area contributed by atoms with E-state index in [-0.39, 0.29) is 25.1 Å². The van der Waals surface area contributed by atoms with Crippen LogP contribution < -0.4 is 10.2 Å². The number of aliphatic hydroxyl groups excluding tert-OH is 2. The molecule has 1 fully saturated rings. The highest BCUT2D eigenvalue weighted by atomic mass is 16.3. The summed E-state index contributed by atoms with van der Waals surface area (Å²) < 4.78 is 0. The van der Waals surface area contributed by atoms with Crippen LogP contribution >= 0.6 is 0 Å². The summed E-state index contributed by atoms with van der Waals surface area (Å²) in [4.78, 5) is 22.2. The number of aromatic nitrogens is 2. The molecule has 1 aromatic heterocycles. The van der Waals surface area contributed by atoms with Crippen molar-refractivity contribution in [1.29, 1.82) is 0 Å². The molecule has 1 aromatic rings. The van der Waals surface area contributed by atoms with Gasteiger partial charge in [0.2, 0.25) is 11.9 Å². The summed E-state index contributed by atoms with van der Waals surface area (Å²) in [7, 11) is 0. The van der Waals surface area contributed by atoms with Crippen LogP contribution in [0.1, 0.15) is 12.8 Å². The molecule has 1 saturated heterocycles. The van der Waals surface area contributed by atoms with Crippen LogP contribution in [0.5, 0.6) is 0 Å². The van der Waals surface area contributed by atoms with E-state index in [4.69, 9.17) is 5.11 Å². The Hall–Kier alpha value is -1.73. The van der Waals surface area contributed by atoms with Gasteiger partial charge in [-0.1, -0.05) is 0 Å². The molecule has 19 heavy (non-hydrogen) atoms. The Labute approximate surface area is 111 Å². The van der Waals surface area contributed by atoms with E-state index in [0.29, 0.717) is 5.95 Å². The van der Waals surface area contributed by atoms with E-state index in [2.05, 4.69) is 15.3 Å². The summed E-state index contributed by atoms with van der Waals surface area (Å²) in [6.45, 7) is 0.427. The van der Waals surface area contributed by atoms with E-state index in [1.54, 1.807) is 18.5 Å². The van der Waals surface area contributed by atoms with Crippen LogP contribution in [0.25, 0.3) is 0 Å². The van der Waals surface area contributed by atoms with Crippen LogP contribution in [0, 0.1) is 0 Å². The second kappa shape index (κ2) is 6.44. The van der Waals surface area contributed by atoms with E-state index >= 15 is 0 Å². The fourth-order valence-corrected chi connectivity index (χ4v) is 2.12. The lowest BCUT2D eigenvalue weighted by Gasteiger charge is -2.23. The Morgan fingerprint density at radius 2 is 2.26 bits per heavy atom. The van der Waals surface area contributed by atoms with Crippen LogP contribution in [0.2, 0.25) is 0 Å². The third-order valence-corrected chi connectivity index (χ3v) is 3.09. The van der Waals surface area contributed by atoms with Crippen molar-refractivity contribution in [2.45, 2.75) is 25.0 Å². The van der Waals surface area contributed by atoms with Gasteiger partial charge in [0.1, 0.15) is 6.04 Å². The van der Waals surface area contributed by atoms with E-state index in [1.807, 2.05) is 4.90 Å². The van der Waals surface area contributed by atoms with E-state index in [0.717, 1.165) is 19.4 Å². The molecule has 3 N–H and O–H groups in total. The van der Waals surface area contributed by atoms with Gasteiger partial charge in [-0.15, -0.1) is 0 Å². The molecule has 104 valence electrons. The molecular formula is C12H18N4O3. The first-order chi connectivity index (χ1) is 9.22. The molecule has 7 nitrogen and oxygen atoms in total. The minimum absolute atomic E-state index is 0.0509. The average molecular weight is 266 g/mol. The van der Waals surface area contributed by atoms with Crippen molar-refractivity contribution >= 4 is 11.9 Å². The molecule has 2 heterocycles. The molecule has 2 rings (SSSR count). The molecule has 7 heteroatoms. The SMILES string of the molecule is O=C(NCC(O)CO)C1CCCN1c1ncccn1. The zero-order valence-electron chi connectivity index (χ0n) is 10.6. The molecule has 0 radical (unpaired) electrons. The Morgan fingerprint density at radius 1 is 1.53 bits per heavy atom. The van der Waals surface area contributed by atoms with Crippen LogP contribution in [0.3, 0.4) is 0 Å². The van der Waals surface area contributed by atoms with Crippen molar-refractivity contribution in [2.24, 2.45) is 0 Å². The van der Waals surface area contributed by atoms with Gasteiger partial charge in [-0.25, -0.2) is 9.97 Å². The minimum Gasteiger partial charge on any atom is -0.394 e. The van der Waals surface area contributed by atoms with Crippen molar-refractivity contribution in [2.75, 3.05) is 24.6 Å². The predicted octanol–water partition coefficient (Wildman–Crippen LogP) is -1.09. The quantitative estimate of drug-likeness (QED) is 0.627. The maximum absolute atomic E-state index is 12.0. The van der Waals surface area contributed by atoms with Crippen LogP contribution in [0.15, 0.2) is 18.5 Å². The first kappa shape index (κ1) is 13.7. The normalized spacial score (nSPS) is 20.3. The molecule has 2 unspecified atom stereocenters. The van der Waals surface area contributed by atoms with Gasteiger partial charge in [0.05, 0.1) is 12.7 Å². The molecule has 1 amide bonds. The molecule has 0 saturated carbocycles. The van der Waals surface area contributed by atoms with Crippen LogP contribution in [0.4, 0.5) is 5.95 Å². The smallest absolute Gasteiger partial charge is 0.242 e. The van der Waals surface area contributed by atoms with Gasteiger partial charge in [0.15, 0.2) is 0 Å². The Kier molecular flexibility index (Phi) is 4.64. The topological polar surface area (TPSA) is 98.6 Å². The Morgan fingerprint density at radius 3 is 2.95 bits per heavy atom. The zero-order valence-corrected chi connectivity index (χ0v) is 10.6. The zero-order chi connectivity index (χ0) is 13.7. The van der Waals surface area contributed by atoms with E-state index < -0.39 is 6.10 Å². The number of carbonyl (C=O) groups is 1. The second-order valence-electron chi connectivity index (χ2n) is 4.48. The van der Waals surface area contributed by atoms with Gasteiger partial charge < -0.3 is 20.4 Å². The lowest BCUT2D eigenvalue weighted by atomic mass is 10.2. The molecule has 0 aromatic carbocycles. The predicted molar refractivity (Wildman–Crippen MR) is 68.5 cm³/mol. The number of hydrogen-bond donors (Lipinski definition) is 3. The summed E-state index contributed by atoms with van der Waals surface area (Å²) in [5.74, 6) is 0.375. The number of rotatable bonds is 5. The number of nitrogens with one attached hydrogen (secondary N) is 1. The van der Waals surface area contributed by atoms with Crippen LogP contribution in [-0.4, -0.2) is 57.9 Å². The summed E-state index contributed by atoms with van der Waals surface area (Å²) in [5.41, 5.74) is 0. The molecule has 2 atom stereocenters. The van der Waals surface area contributed by atoms with E-state index in [1.165, 1.54) is 0 Å². The maximum Gasteiger partial charge on any atom is 0.242 e. The number of aliphatic hydroxyl groups is 2. The van der Waals surface area contributed by atoms with Gasteiger partial charge in [-0.05, 0) is 18.9 Å². The molecule has 0 bridgehead atoms. The van der Waals surface area contributed by atoms with Crippen molar-refractivity contribution < 1.29 is 15.0 Å². The third kappa shape index (κ3) is 3.39. The highest BCUT2D eigenvalue weighted by Gasteiger charge is 2.32. The highest BCUT2D eigenvalue weighted by molar-refractivity contribution is 5.85. The van der Waals surface area contributed by atoms with Crippen molar-refractivity contribution in [3.63, 3.8) is 0 Å². The fraction of sp³-hybridized carbons (Fsp3) is 0.583. The minimum atomic E-state index is -0.924. The van der Waals surface area contributed by atoms with Gasteiger partial charge >= 0.3 is 0 Å².